The molecule has 8 heteroatoms. The summed E-state index contributed by atoms with van der Waals surface area (Å²) in [6, 6.07) is 19.1. The van der Waals surface area contributed by atoms with Crippen molar-refractivity contribution in [1.82, 2.24) is 4.98 Å². The lowest BCUT2D eigenvalue weighted by atomic mass is 9.97. The van der Waals surface area contributed by atoms with E-state index in [1.807, 2.05) is 24.3 Å². The second-order valence-corrected chi connectivity index (χ2v) is 8.83. The van der Waals surface area contributed by atoms with E-state index in [1.165, 1.54) is 16.2 Å². The number of aromatic nitrogens is 1. The second-order valence-electron chi connectivity index (χ2n) is 7.82. The number of benzene rings is 3. The number of hydrogen-bond acceptors (Lipinski definition) is 7. The summed E-state index contributed by atoms with van der Waals surface area (Å²) in [6.45, 7) is 0. The van der Waals surface area contributed by atoms with Crippen molar-refractivity contribution in [3.63, 3.8) is 0 Å². The van der Waals surface area contributed by atoms with E-state index in [1.54, 1.807) is 56.7 Å². The quantitative estimate of drug-likeness (QED) is 0.360. The average Bonchev–Trinajstić information content (AvgIpc) is 3.42. The topological polar surface area (TPSA) is 81.9 Å². The molecule has 0 fully saturated rings. The van der Waals surface area contributed by atoms with Crippen LogP contribution in [0.15, 0.2) is 75.9 Å². The Labute approximate surface area is 197 Å². The Kier molecular flexibility index (Phi) is 4.63. The van der Waals surface area contributed by atoms with Crippen LogP contribution < -0.4 is 19.8 Å². The number of nitrogens with zero attached hydrogens (tertiary/aromatic N) is 2. The second kappa shape index (κ2) is 7.71. The molecule has 1 aliphatic heterocycles. The zero-order valence-electron chi connectivity index (χ0n) is 18.3. The molecular weight excluding hydrogens is 452 g/mol. The lowest BCUT2D eigenvalue weighted by molar-refractivity contribution is 0.0971. The number of carbonyl (C=O) groups excluding carboxylic acids is 1. The molecule has 0 aliphatic carbocycles. The number of hydrogen-bond donors (Lipinski definition) is 0. The monoisotopic (exact) mass is 470 g/mol. The maximum Gasteiger partial charge on any atom is 0.297 e. The van der Waals surface area contributed by atoms with E-state index in [-0.39, 0.29) is 16.8 Å². The highest BCUT2D eigenvalue weighted by Crippen LogP contribution is 2.46. The van der Waals surface area contributed by atoms with E-state index in [0.29, 0.717) is 33.2 Å². The molecular formula is C26H18N2O5S. The minimum absolute atomic E-state index is 0.0119. The van der Waals surface area contributed by atoms with E-state index in [2.05, 4.69) is 0 Å². The van der Waals surface area contributed by atoms with Gasteiger partial charge in [-0.25, -0.2) is 4.98 Å². The highest BCUT2D eigenvalue weighted by molar-refractivity contribution is 7.22. The van der Waals surface area contributed by atoms with Crippen LogP contribution in [-0.2, 0) is 0 Å². The van der Waals surface area contributed by atoms with Gasteiger partial charge in [0.05, 0.1) is 35.4 Å². The fourth-order valence-electron chi connectivity index (χ4n) is 4.43. The lowest BCUT2D eigenvalue weighted by Crippen LogP contribution is -2.29. The van der Waals surface area contributed by atoms with Crippen LogP contribution in [-0.4, -0.2) is 25.1 Å². The summed E-state index contributed by atoms with van der Waals surface area (Å²) in [5.74, 6) is 0.681. The first kappa shape index (κ1) is 20.4. The zero-order valence-corrected chi connectivity index (χ0v) is 19.1. The fourth-order valence-corrected chi connectivity index (χ4v) is 5.42. The summed E-state index contributed by atoms with van der Waals surface area (Å²) in [4.78, 5) is 33.8. The summed E-state index contributed by atoms with van der Waals surface area (Å²) in [6.07, 6.45) is 0. The highest BCUT2D eigenvalue weighted by Gasteiger charge is 2.46. The van der Waals surface area contributed by atoms with E-state index >= 15 is 0 Å². The summed E-state index contributed by atoms with van der Waals surface area (Å²) >= 11 is 1.38. The van der Waals surface area contributed by atoms with Crippen molar-refractivity contribution in [2.45, 2.75) is 6.04 Å². The van der Waals surface area contributed by atoms with Crippen LogP contribution in [0, 0.1) is 0 Å². The Hall–Kier alpha value is -4.17. The number of anilines is 1. The van der Waals surface area contributed by atoms with E-state index in [0.717, 1.165) is 10.2 Å². The summed E-state index contributed by atoms with van der Waals surface area (Å²) in [5, 5.41) is 0.878. The zero-order chi connectivity index (χ0) is 23.4. The third-order valence-corrected chi connectivity index (χ3v) is 7.03. The van der Waals surface area contributed by atoms with Gasteiger partial charge in [0, 0.05) is 5.56 Å². The SMILES string of the molecule is COc1ccc(OC)c([C@H]2c3c(oc4ccccc4c3=O)C(=O)N2c2nc3ccccc3s2)c1. The molecule has 1 aliphatic rings. The maximum atomic E-state index is 13.8. The van der Waals surface area contributed by atoms with Gasteiger partial charge in [0.25, 0.3) is 5.91 Å². The predicted octanol–water partition coefficient (Wildman–Crippen LogP) is 5.17. The van der Waals surface area contributed by atoms with Crippen molar-refractivity contribution >= 4 is 43.6 Å². The first-order valence-electron chi connectivity index (χ1n) is 10.6. The van der Waals surface area contributed by atoms with Crippen molar-refractivity contribution in [3.05, 3.63) is 93.8 Å². The standard InChI is InChI=1S/C26H18N2O5S/c1-31-14-11-12-18(32-2)16(13-14)22-21-23(29)15-7-3-5-9-19(15)33-24(21)25(30)28(22)26-27-17-8-4-6-10-20(17)34-26/h3-13,22H,1-2H3/t22-/m0/s1. The minimum Gasteiger partial charge on any atom is -0.497 e. The lowest BCUT2D eigenvalue weighted by Gasteiger charge is -2.24. The Balaban J connectivity index is 1.68. The highest BCUT2D eigenvalue weighted by atomic mass is 32.1. The van der Waals surface area contributed by atoms with Gasteiger partial charge in [-0.05, 0) is 42.5 Å². The van der Waals surface area contributed by atoms with Crippen LogP contribution >= 0.6 is 11.3 Å². The number of methoxy groups -OCH3 is 2. The molecule has 168 valence electrons. The molecule has 3 heterocycles. The van der Waals surface area contributed by atoms with Gasteiger partial charge in [-0.2, -0.15) is 0 Å². The number of thiazole rings is 1. The first-order chi connectivity index (χ1) is 16.6. The molecule has 0 bridgehead atoms. The molecule has 3 aromatic carbocycles. The van der Waals surface area contributed by atoms with Gasteiger partial charge in [-0.1, -0.05) is 35.6 Å². The molecule has 0 spiro atoms. The van der Waals surface area contributed by atoms with Gasteiger partial charge < -0.3 is 13.9 Å². The summed E-state index contributed by atoms with van der Waals surface area (Å²) < 4.78 is 18.0. The van der Waals surface area contributed by atoms with Crippen LogP contribution in [0.1, 0.15) is 27.7 Å². The van der Waals surface area contributed by atoms with Gasteiger partial charge in [0.1, 0.15) is 23.1 Å². The van der Waals surface area contributed by atoms with Crippen LogP contribution in [0.25, 0.3) is 21.2 Å². The van der Waals surface area contributed by atoms with Crippen molar-refractivity contribution in [2.75, 3.05) is 19.1 Å². The van der Waals surface area contributed by atoms with Gasteiger partial charge in [0.2, 0.25) is 5.76 Å². The molecule has 34 heavy (non-hydrogen) atoms. The number of para-hydroxylation sites is 2. The fraction of sp³-hybridized carbons (Fsp3) is 0.115. The van der Waals surface area contributed by atoms with Crippen molar-refractivity contribution in [1.29, 1.82) is 0 Å². The molecule has 0 saturated heterocycles. The molecule has 1 amide bonds. The van der Waals surface area contributed by atoms with Crippen LogP contribution in [0.4, 0.5) is 5.13 Å². The average molecular weight is 471 g/mol. The van der Waals surface area contributed by atoms with Crippen molar-refractivity contribution < 1.29 is 18.7 Å². The summed E-state index contributed by atoms with van der Waals surface area (Å²) in [5.41, 5.74) is 1.74. The van der Waals surface area contributed by atoms with Crippen LogP contribution in [0.2, 0.25) is 0 Å². The molecule has 0 unspecified atom stereocenters. The van der Waals surface area contributed by atoms with E-state index in [4.69, 9.17) is 18.9 Å². The number of rotatable bonds is 4. The molecule has 7 nitrogen and oxygen atoms in total. The van der Waals surface area contributed by atoms with Crippen molar-refractivity contribution in [3.8, 4) is 11.5 Å². The normalized spacial score (nSPS) is 15.2. The third-order valence-electron chi connectivity index (χ3n) is 6.00. The smallest absolute Gasteiger partial charge is 0.297 e. The van der Waals surface area contributed by atoms with Crippen LogP contribution in [0.3, 0.4) is 0 Å². The van der Waals surface area contributed by atoms with E-state index in [9.17, 15) is 9.59 Å². The number of carbonyl (C=O) groups is 1. The Morgan fingerprint density at radius 1 is 0.971 bits per heavy atom. The van der Waals surface area contributed by atoms with Gasteiger partial charge in [0.15, 0.2) is 10.6 Å². The largest absolute Gasteiger partial charge is 0.497 e. The number of ether oxygens (including phenoxy) is 2. The van der Waals surface area contributed by atoms with Crippen molar-refractivity contribution in [2.24, 2.45) is 0 Å². The molecule has 1 atom stereocenters. The molecule has 0 saturated carbocycles. The Morgan fingerprint density at radius 3 is 2.56 bits per heavy atom. The predicted molar refractivity (Wildman–Crippen MR) is 130 cm³/mol. The third kappa shape index (κ3) is 2.92. The Morgan fingerprint density at radius 2 is 1.76 bits per heavy atom. The summed E-state index contributed by atoms with van der Waals surface area (Å²) in [7, 11) is 3.11. The van der Waals surface area contributed by atoms with Gasteiger partial charge in [-0.15, -0.1) is 0 Å². The van der Waals surface area contributed by atoms with Gasteiger partial charge >= 0.3 is 0 Å². The molecule has 0 radical (unpaired) electrons. The van der Waals surface area contributed by atoms with Gasteiger partial charge in [-0.3, -0.25) is 14.5 Å². The minimum atomic E-state index is -0.797. The van der Waals surface area contributed by atoms with E-state index < -0.39 is 11.9 Å². The molecule has 6 rings (SSSR count). The maximum absolute atomic E-state index is 13.8. The molecule has 2 aromatic heterocycles. The molecule has 5 aromatic rings. The van der Waals surface area contributed by atoms with Crippen LogP contribution in [0.5, 0.6) is 11.5 Å². The number of amides is 1. The first-order valence-corrected chi connectivity index (χ1v) is 11.4. The number of fused-ring (bicyclic) bond motifs is 3. The Bertz CT molecular complexity index is 1620. The molecule has 0 N–H and O–H groups in total.